The van der Waals surface area contributed by atoms with Crippen LogP contribution < -0.4 is 0 Å². The zero-order valence-electron chi connectivity index (χ0n) is 11.9. The van der Waals surface area contributed by atoms with E-state index in [2.05, 4.69) is 10.8 Å². The van der Waals surface area contributed by atoms with Gasteiger partial charge in [0, 0.05) is 6.42 Å². The second kappa shape index (κ2) is 11.0. The number of esters is 1. The summed E-state index contributed by atoms with van der Waals surface area (Å²) in [6.45, 7) is 1.42. The topological polar surface area (TPSA) is 44.8 Å². The molecule has 0 N–H and O–H groups in total. The van der Waals surface area contributed by atoms with Crippen molar-refractivity contribution in [1.29, 1.82) is 0 Å². The smallest absolute Gasteiger partial charge is 0.305 e. The molecule has 1 heterocycles. The van der Waals surface area contributed by atoms with Crippen molar-refractivity contribution in [1.82, 2.24) is 0 Å². The lowest BCUT2D eigenvalue weighted by Gasteiger charge is -2.02. The minimum Gasteiger partial charge on any atom is -0.469 e. The third-order valence-corrected chi connectivity index (χ3v) is 3.17. The lowest BCUT2D eigenvalue weighted by atomic mass is 10.1. The van der Waals surface area contributed by atoms with E-state index in [1.165, 1.54) is 32.8 Å². The normalized spacial score (nSPS) is 16.3. The molecule has 0 spiro atoms. The van der Waals surface area contributed by atoms with Gasteiger partial charge in [0.05, 0.1) is 20.3 Å². The van der Waals surface area contributed by atoms with Crippen molar-refractivity contribution in [3.63, 3.8) is 0 Å². The van der Waals surface area contributed by atoms with Gasteiger partial charge in [0.15, 0.2) is 6.29 Å². The number of ether oxygens (including phenoxy) is 3. The van der Waals surface area contributed by atoms with Gasteiger partial charge in [-0.25, -0.2) is 0 Å². The number of carbonyl (C=O) groups is 1. The molecule has 0 aromatic carbocycles. The molecule has 1 rings (SSSR count). The van der Waals surface area contributed by atoms with E-state index in [0.717, 1.165) is 19.3 Å². The highest BCUT2D eigenvalue weighted by Crippen LogP contribution is 2.10. The number of carbonyl (C=O) groups excluding carboxylic acids is 1. The summed E-state index contributed by atoms with van der Waals surface area (Å²) >= 11 is 0. The van der Waals surface area contributed by atoms with Crippen LogP contribution in [0.2, 0.25) is 0 Å². The van der Waals surface area contributed by atoms with Crippen LogP contribution in [-0.2, 0) is 19.0 Å². The van der Waals surface area contributed by atoms with E-state index in [1.807, 2.05) is 6.08 Å². The molecule has 1 saturated heterocycles. The summed E-state index contributed by atoms with van der Waals surface area (Å²) < 4.78 is 15.2. The summed E-state index contributed by atoms with van der Waals surface area (Å²) in [5.41, 5.74) is 0. The first-order chi connectivity index (χ1) is 9.33. The number of hydrogen-bond donors (Lipinski definition) is 0. The van der Waals surface area contributed by atoms with E-state index in [9.17, 15) is 4.79 Å². The van der Waals surface area contributed by atoms with Gasteiger partial charge in [0.2, 0.25) is 0 Å². The second-order valence-corrected chi connectivity index (χ2v) is 4.77. The summed E-state index contributed by atoms with van der Waals surface area (Å²) in [5, 5.41) is 0. The van der Waals surface area contributed by atoms with Gasteiger partial charge in [-0.2, -0.15) is 0 Å². The first-order valence-corrected chi connectivity index (χ1v) is 7.29. The van der Waals surface area contributed by atoms with Crippen molar-refractivity contribution in [3.8, 4) is 0 Å². The van der Waals surface area contributed by atoms with Crippen LogP contribution in [-0.4, -0.2) is 32.6 Å². The van der Waals surface area contributed by atoms with E-state index >= 15 is 0 Å². The first-order valence-electron chi connectivity index (χ1n) is 7.29. The van der Waals surface area contributed by atoms with Crippen LogP contribution in [0.25, 0.3) is 0 Å². The van der Waals surface area contributed by atoms with Crippen molar-refractivity contribution < 1.29 is 19.0 Å². The van der Waals surface area contributed by atoms with Gasteiger partial charge < -0.3 is 14.2 Å². The van der Waals surface area contributed by atoms with Crippen LogP contribution in [0.1, 0.15) is 51.4 Å². The fourth-order valence-electron chi connectivity index (χ4n) is 2.04. The quantitative estimate of drug-likeness (QED) is 0.347. The van der Waals surface area contributed by atoms with Gasteiger partial charge in [-0.3, -0.25) is 4.79 Å². The van der Waals surface area contributed by atoms with Crippen LogP contribution in [0.4, 0.5) is 0 Å². The summed E-state index contributed by atoms with van der Waals surface area (Å²) in [5.74, 6) is -0.0958. The number of unbranched alkanes of at least 4 members (excludes halogenated alkanes) is 6. The van der Waals surface area contributed by atoms with Crippen molar-refractivity contribution in [2.45, 2.75) is 57.7 Å². The summed E-state index contributed by atoms with van der Waals surface area (Å²) in [6.07, 6.45) is 12.6. The monoisotopic (exact) mass is 270 g/mol. The number of methoxy groups -OCH3 is 1. The Bertz CT molecular complexity index is 257. The van der Waals surface area contributed by atoms with Gasteiger partial charge in [-0.15, -0.1) is 0 Å². The molecule has 4 heteroatoms. The standard InChI is InChI=1S/C15H26O4/c1-17-14(16)10-8-6-4-2-3-5-7-9-11-15-18-12-13-19-15/h9,11,15H,2-8,10,12-13H2,1H3/b11-9+. The Hall–Kier alpha value is -0.870. The number of allylic oxidation sites excluding steroid dienone is 1. The van der Waals surface area contributed by atoms with Crippen LogP contribution in [0, 0.1) is 0 Å². The molecule has 0 aromatic heterocycles. The lowest BCUT2D eigenvalue weighted by Crippen LogP contribution is -2.01. The van der Waals surface area contributed by atoms with E-state index in [0.29, 0.717) is 19.6 Å². The largest absolute Gasteiger partial charge is 0.469 e. The highest BCUT2D eigenvalue weighted by atomic mass is 16.7. The fourth-order valence-corrected chi connectivity index (χ4v) is 2.04. The zero-order chi connectivity index (χ0) is 13.8. The fraction of sp³-hybridized carbons (Fsp3) is 0.800. The molecule has 1 aliphatic rings. The van der Waals surface area contributed by atoms with Crippen LogP contribution in [0.15, 0.2) is 12.2 Å². The van der Waals surface area contributed by atoms with Crippen molar-refractivity contribution in [2.75, 3.05) is 20.3 Å². The van der Waals surface area contributed by atoms with Gasteiger partial charge in [0.1, 0.15) is 0 Å². The maximum Gasteiger partial charge on any atom is 0.305 e. The average Bonchev–Trinajstić information content (AvgIpc) is 2.93. The Kier molecular flexibility index (Phi) is 9.37. The minimum atomic E-state index is -0.113. The number of rotatable bonds is 10. The third kappa shape index (κ3) is 8.78. The Labute approximate surface area is 116 Å². The van der Waals surface area contributed by atoms with Gasteiger partial charge in [-0.1, -0.05) is 31.8 Å². The molecular weight excluding hydrogens is 244 g/mol. The third-order valence-electron chi connectivity index (χ3n) is 3.17. The summed E-state index contributed by atoms with van der Waals surface area (Å²) in [7, 11) is 1.44. The SMILES string of the molecule is COC(=O)CCCCCCCC/C=C/C1OCCO1. The van der Waals surface area contributed by atoms with E-state index in [4.69, 9.17) is 9.47 Å². The van der Waals surface area contributed by atoms with Crippen LogP contribution in [0.3, 0.4) is 0 Å². The van der Waals surface area contributed by atoms with Gasteiger partial charge in [0.25, 0.3) is 0 Å². The molecule has 0 unspecified atom stereocenters. The Balaban J connectivity index is 1.79. The predicted octanol–water partition coefficient (Wildman–Crippen LogP) is 3.21. The molecule has 0 radical (unpaired) electrons. The molecule has 0 aliphatic carbocycles. The lowest BCUT2D eigenvalue weighted by molar-refractivity contribution is -0.140. The highest BCUT2D eigenvalue weighted by molar-refractivity contribution is 5.68. The zero-order valence-corrected chi connectivity index (χ0v) is 11.9. The molecule has 0 aromatic rings. The molecule has 110 valence electrons. The molecule has 19 heavy (non-hydrogen) atoms. The van der Waals surface area contributed by atoms with Crippen molar-refractivity contribution in [2.24, 2.45) is 0 Å². The van der Waals surface area contributed by atoms with Crippen molar-refractivity contribution >= 4 is 5.97 Å². The van der Waals surface area contributed by atoms with E-state index < -0.39 is 0 Å². The van der Waals surface area contributed by atoms with Crippen LogP contribution >= 0.6 is 0 Å². The Morgan fingerprint density at radius 3 is 2.42 bits per heavy atom. The molecular formula is C15H26O4. The highest BCUT2D eigenvalue weighted by Gasteiger charge is 2.10. The molecule has 0 bridgehead atoms. The van der Waals surface area contributed by atoms with E-state index in [1.54, 1.807) is 0 Å². The maximum absolute atomic E-state index is 10.9. The van der Waals surface area contributed by atoms with E-state index in [-0.39, 0.29) is 12.3 Å². The maximum atomic E-state index is 10.9. The van der Waals surface area contributed by atoms with Gasteiger partial charge >= 0.3 is 5.97 Å². The van der Waals surface area contributed by atoms with Gasteiger partial charge in [-0.05, 0) is 25.3 Å². The molecule has 0 atom stereocenters. The number of hydrogen-bond acceptors (Lipinski definition) is 4. The Morgan fingerprint density at radius 1 is 1.11 bits per heavy atom. The molecule has 1 aliphatic heterocycles. The van der Waals surface area contributed by atoms with Crippen molar-refractivity contribution in [3.05, 3.63) is 12.2 Å². The summed E-state index contributed by atoms with van der Waals surface area (Å²) in [6, 6.07) is 0. The molecule has 4 nitrogen and oxygen atoms in total. The summed E-state index contributed by atoms with van der Waals surface area (Å²) in [4.78, 5) is 10.9. The molecule has 0 amide bonds. The predicted molar refractivity (Wildman–Crippen MR) is 73.8 cm³/mol. The minimum absolute atomic E-state index is 0.0958. The molecule has 1 fully saturated rings. The van der Waals surface area contributed by atoms with Crippen LogP contribution in [0.5, 0.6) is 0 Å². The first kappa shape index (κ1) is 16.2. The second-order valence-electron chi connectivity index (χ2n) is 4.77. The molecule has 0 saturated carbocycles. The average molecular weight is 270 g/mol. The Morgan fingerprint density at radius 2 is 1.74 bits per heavy atom.